The van der Waals surface area contributed by atoms with Crippen LogP contribution in [-0.4, -0.2) is 4.57 Å². The molecule has 3 heteroatoms. The van der Waals surface area contributed by atoms with Crippen LogP contribution in [0, 0.1) is 14.4 Å². The van der Waals surface area contributed by atoms with E-state index in [1.54, 1.807) is 0 Å². The number of aryl methyl sites for hydroxylation is 2. The van der Waals surface area contributed by atoms with Crippen LogP contribution >= 0.6 is 11.3 Å². The summed E-state index contributed by atoms with van der Waals surface area (Å²) in [5.74, 6) is 0. The van der Waals surface area contributed by atoms with Gasteiger partial charge in [-0.2, -0.15) is 0 Å². The van der Waals surface area contributed by atoms with Crippen LogP contribution in [0.4, 0.5) is 0 Å². The number of nitrogens with zero attached hydrogens (tertiary/aromatic N) is 1. The zero-order valence-electron chi connectivity index (χ0n) is 49.8. The van der Waals surface area contributed by atoms with E-state index in [2.05, 4.69) is 207 Å². The Morgan fingerprint density at radius 1 is 0.315 bits per heavy atom. The van der Waals surface area contributed by atoms with Crippen LogP contribution < -0.4 is 58.2 Å². The minimum atomic E-state index is -0.189. The average molecular weight is 1070 g/mol. The fourth-order valence-corrected chi connectivity index (χ4v) is 10.1. The number of thiophene rings is 1. The fourth-order valence-electron chi connectivity index (χ4n) is 9.00. The number of hydrogen-bond donors (Lipinski definition) is 0. The maximum Gasteiger partial charge on any atom is 1.00 e. The number of hydrogen-bond acceptors (Lipinski definition) is 1. The SMILES string of the molecule is CC.CC.CC.CC.CC.CC.CC.CC.CC.Cc1ccc2c(c1)C1(c3ccccc3-c3ccccc31)c1ccccc1-2.Cn1c2ccccc2c2ccccc21.[CH3-].[Rb+].c1ccc2c(c1)sc1ccccc12. The van der Waals surface area contributed by atoms with Crippen LogP contribution in [0.1, 0.15) is 152 Å². The largest absolute Gasteiger partial charge is 1.00 e. The van der Waals surface area contributed by atoms with E-state index in [4.69, 9.17) is 0 Å². The molecule has 0 saturated carbocycles. The van der Waals surface area contributed by atoms with Gasteiger partial charge in [0.25, 0.3) is 0 Å². The zero-order chi connectivity index (χ0) is 53.5. The number of aromatic nitrogens is 1. The smallest absolute Gasteiger partial charge is 0.358 e. The predicted octanol–water partition coefficient (Wildman–Crippen LogP) is 20.4. The normalized spacial score (nSPS) is 10.1. The van der Waals surface area contributed by atoms with Gasteiger partial charge in [0.2, 0.25) is 0 Å². The molecule has 0 N–H and O–H groups in total. The van der Waals surface area contributed by atoms with Crippen molar-refractivity contribution in [3.63, 3.8) is 0 Å². The van der Waals surface area contributed by atoms with Crippen molar-refractivity contribution in [2.75, 3.05) is 0 Å². The monoisotopic (exact) mass is 1070 g/mol. The van der Waals surface area contributed by atoms with E-state index in [1.807, 2.05) is 136 Å². The zero-order valence-corrected chi connectivity index (χ0v) is 55.5. The molecule has 0 bridgehead atoms. The molecule has 1 spiro atoms. The van der Waals surface area contributed by atoms with Crippen molar-refractivity contribution in [2.45, 2.75) is 137 Å². The summed E-state index contributed by atoms with van der Waals surface area (Å²) in [6, 6.07) is 67.9. The van der Waals surface area contributed by atoms with E-state index in [0.717, 1.165) is 0 Å². The first-order valence-corrected chi connectivity index (χ1v) is 28.1. The van der Waals surface area contributed by atoms with E-state index in [1.165, 1.54) is 92.0 Å². The van der Waals surface area contributed by atoms with Crippen LogP contribution in [0.3, 0.4) is 0 Å². The van der Waals surface area contributed by atoms with Crippen LogP contribution in [0.15, 0.2) is 188 Å². The summed E-state index contributed by atoms with van der Waals surface area (Å²) in [6.45, 7) is 38.2. The van der Waals surface area contributed by atoms with Gasteiger partial charge >= 0.3 is 58.2 Å². The first-order chi connectivity index (χ1) is 35.1. The van der Waals surface area contributed by atoms with Crippen molar-refractivity contribution < 1.29 is 58.2 Å². The Kier molecular flexibility index (Phi) is 37.8. The third-order valence-electron chi connectivity index (χ3n) is 11.3. The maximum absolute atomic E-state index is 2.40. The Hall–Kier alpha value is -4.41. The van der Waals surface area contributed by atoms with Gasteiger partial charge < -0.3 is 12.0 Å². The van der Waals surface area contributed by atoms with Crippen molar-refractivity contribution in [1.82, 2.24) is 4.57 Å². The Balaban J connectivity index is 0. The van der Waals surface area contributed by atoms with Crippen LogP contribution in [0.2, 0.25) is 0 Å². The molecule has 2 aromatic heterocycles. The summed E-state index contributed by atoms with van der Waals surface area (Å²) >= 11 is 1.86. The second-order valence-corrected chi connectivity index (χ2v) is 15.2. The molecule has 386 valence electrons. The third kappa shape index (κ3) is 15.4. The molecule has 0 aliphatic heterocycles. The summed E-state index contributed by atoms with van der Waals surface area (Å²) < 4.78 is 5.00. The third-order valence-corrected chi connectivity index (χ3v) is 12.4. The number of fused-ring (bicyclic) bond motifs is 16. The van der Waals surface area contributed by atoms with E-state index in [-0.39, 0.29) is 71.0 Å². The van der Waals surface area contributed by atoms with Gasteiger partial charge in [0.15, 0.2) is 0 Å². The van der Waals surface area contributed by atoms with Crippen LogP contribution in [0.5, 0.6) is 0 Å². The van der Waals surface area contributed by atoms with Crippen LogP contribution in [0.25, 0.3) is 64.2 Å². The summed E-state index contributed by atoms with van der Waals surface area (Å²) in [7, 11) is 2.12. The minimum absolute atomic E-state index is 0. The van der Waals surface area contributed by atoms with Crippen molar-refractivity contribution in [3.05, 3.63) is 223 Å². The molecule has 0 amide bonds. The quantitative estimate of drug-likeness (QED) is 0.133. The topological polar surface area (TPSA) is 4.93 Å². The van der Waals surface area contributed by atoms with Gasteiger partial charge in [-0.3, -0.25) is 0 Å². The standard InChI is InChI=1S/C26H18.C13H11N.C12H8S.9C2H6.CH3.Rb/c1-17-14-15-21-20-10-4-7-13-24(20)26(25(21)16-17)22-11-5-2-8-18(22)19-9-3-6-12-23(19)26;1-14-12-8-4-2-6-10(12)11-7-3-5-9-13(11)14;1-3-7-11-9(5-1)10-6-2-4-8-12(10)13-11;9*1-2;;/h2-16H,1H3;2-9H,1H3;1-8H;9*1-2H3;1H3;/q;;;;;;;;;;;;-1;+1. The van der Waals surface area contributed by atoms with Gasteiger partial charge in [-0.25, -0.2) is 0 Å². The molecule has 0 atom stereocenters. The molecule has 0 fully saturated rings. The van der Waals surface area contributed by atoms with Gasteiger partial charge in [-0.1, -0.05) is 294 Å². The molecule has 73 heavy (non-hydrogen) atoms. The van der Waals surface area contributed by atoms with E-state index >= 15 is 0 Å². The molecular weight excluding hydrogens is 972 g/mol. The van der Waals surface area contributed by atoms with Gasteiger partial charge in [0.05, 0.1) is 5.41 Å². The van der Waals surface area contributed by atoms with Gasteiger partial charge in [-0.05, 0) is 75.7 Å². The fraction of sp³-hybridized carbons (Fsp3) is 0.300. The molecule has 2 aliphatic rings. The molecular formula is C70H94NRbS. The first-order valence-electron chi connectivity index (χ1n) is 27.3. The van der Waals surface area contributed by atoms with E-state index < -0.39 is 0 Å². The molecule has 0 saturated heterocycles. The summed E-state index contributed by atoms with van der Waals surface area (Å²) in [5, 5.41) is 5.43. The second kappa shape index (κ2) is 39.1. The molecule has 2 aliphatic carbocycles. The van der Waals surface area contributed by atoms with Gasteiger partial charge in [0.1, 0.15) is 0 Å². The first kappa shape index (κ1) is 70.7. The summed E-state index contributed by atoms with van der Waals surface area (Å²) in [4.78, 5) is 0. The minimum Gasteiger partial charge on any atom is -0.358 e. The Morgan fingerprint density at radius 3 is 0.945 bits per heavy atom. The molecule has 0 unspecified atom stereocenters. The van der Waals surface area contributed by atoms with E-state index in [9.17, 15) is 0 Å². The molecule has 2 heterocycles. The van der Waals surface area contributed by atoms with E-state index in [0.29, 0.717) is 0 Å². The van der Waals surface area contributed by atoms with Crippen molar-refractivity contribution >= 4 is 53.3 Å². The summed E-state index contributed by atoms with van der Waals surface area (Å²) in [5.41, 5.74) is 14.9. The van der Waals surface area contributed by atoms with Crippen molar-refractivity contribution in [3.8, 4) is 22.3 Å². The molecule has 10 aromatic rings. The number of para-hydroxylation sites is 2. The van der Waals surface area contributed by atoms with Crippen LogP contribution in [-0.2, 0) is 12.5 Å². The second-order valence-electron chi connectivity index (χ2n) is 14.1. The molecule has 12 rings (SSSR count). The maximum atomic E-state index is 2.40. The predicted molar refractivity (Wildman–Crippen MR) is 336 cm³/mol. The van der Waals surface area contributed by atoms with Gasteiger partial charge in [-0.15, -0.1) is 11.3 Å². The Bertz CT molecular complexity index is 2840. The van der Waals surface area contributed by atoms with Crippen molar-refractivity contribution in [2.24, 2.45) is 7.05 Å². The molecule has 1 nitrogen and oxygen atoms in total. The number of rotatable bonds is 0. The Labute approximate surface area is 500 Å². The molecule has 0 radical (unpaired) electrons. The van der Waals surface area contributed by atoms with Crippen molar-refractivity contribution in [1.29, 1.82) is 0 Å². The Morgan fingerprint density at radius 2 is 0.589 bits per heavy atom. The number of benzene rings is 8. The van der Waals surface area contributed by atoms with Gasteiger partial charge in [0, 0.05) is 49.0 Å². The molecule has 8 aromatic carbocycles. The summed E-state index contributed by atoms with van der Waals surface area (Å²) in [6.07, 6.45) is 0. The average Bonchev–Trinajstić information content (AvgIpc) is 4.20.